The number of hydrogen-bond acceptors (Lipinski definition) is 1. The van der Waals surface area contributed by atoms with Crippen molar-refractivity contribution >= 4 is 5.78 Å². The molecule has 12 heavy (non-hydrogen) atoms. The topological polar surface area (TPSA) is 17.1 Å². The summed E-state index contributed by atoms with van der Waals surface area (Å²) in [6.45, 7) is 0. The Balaban J connectivity index is 2.29. The van der Waals surface area contributed by atoms with Gasteiger partial charge in [-0.2, -0.15) is 0 Å². The van der Waals surface area contributed by atoms with Gasteiger partial charge in [-0.15, -0.1) is 0 Å². The van der Waals surface area contributed by atoms with E-state index in [0.717, 1.165) is 18.4 Å². The number of carbonyl (C=O) groups excluding carboxylic acids is 1. The number of hydrogen-bond donors (Lipinski definition) is 0. The van der Waals surface area contributed by atoms with Crippen molar-refractivity contribution in [1.82, 2.24) is 0 Å². The van der Waals surface area contributed by atoms with E-state index >= 15 is 0 Å². The highest BCUT2D eigenvalue weighted by molar-refractivity contribution is 5.97. The van der Waals surface area contributed by atoms with Crippen molar-refractivity contribution in [1.29, 1.82) is 0 Å². The minimum Gasteiger partial charge on any atom is -0.295 e. The molecule has 0 aromatic rings. The highest BCUT2D eigenvalue weighted by Crippen LogP contribution is 2.33. The highest BCUT2D eigenvalue weighted by Gasteiger charge is 2.27. The largest absolute Gasteiger partial charge is 0.295 e. The molecule has 2 heteroatoms. The summed E-state index contributed by atoms with van der Waals surface area (Å²) in [5, 5.41) is 0. The van der Waals surface area contributed by atoms with Crippen LogP contribution in [0.25, 0.3) is 0 Å². The molecule has 1 fully saturated rings. The Bertz CT molecular complexity index is 276. The molecule has 0 heterocycles. The van der Waals surface area contributed by atoms with Crippen molar-refractivity contribution in [3.8, 4) is 0 Å². The molecule has 1 saturated carbocycles. The van der Waals surface area contributed by atoms with Crippen molar-refractivity contribution in [3.05, 3.63) is 23.6 Å². The quantitative estimate of drug-likeness (QED) is 0.540. The highest BCUT2D eigenvalue weighted by atomic mass is 19.1. The molecule has 2 rings (SSSR count). The van der Waals surface area contributed by atoms with Crippen LogP contribution in [0, 0.1) is 5.92 Å². The summed E-state index contributed by atoms with van der Waals surface area (Å²) in [5.74, 6) is 0.219. The molecule has 0 aromatic carbocycles. The lowest BCUT2D eigenvalue weighted by atomic mass is 9.79. The van der Waals surface area contributed by atoms with Gasteiger partial charge in [0, 0.05) is 12.0 Å². The molecule has 0 saturated heterocycles. The predicted molar refractivity (Wildman–Crippen MR) is 44.2 cm³/mol. The Morgan fingerprint density at radius 2 is 2.33 bits per heavy atom. The molecule has 0 aromatic heterocycles. The Hall–Kier alpha value is -0.920. The average molecular weight is 166 g/mol. The van der Waals surface area contributed by atoms with Gasteiger partial charge >= 0.3 is 0 Å². The molecule has 0 amide bonds. The molecule has 2 aliphatic rings. The van der Waals surface area contributed by atoms with Gasteiger partial charge in [-0.3, -0.25) is 4.79 Å². The summed E-state index contributed by atoms with van der Waals surface area (Å²) in [5.41, 5.74) is 0.723. The fraction of sp³-hybridized carbons (Fsp3) is 0.500. The Morgan fingerprint density at radius 3 is 3.17 bits per heavy atom. The van der Waals surface area contributed by atoms with Crippen LogP contribution in [-0.4, -0.2) is 5.78 Å². The van der Waals surface area contributed by atoms with Crippen LogP contribution in [0.3, 0.4) is 0 Å². The molecule has 1 unspecified atom stereocenters. The predicted octanol–water partition coefficient (Wildman–Crippen LogP) is 2.54. The first-order chi connectivity index (χ1) is 5.77. The van der Waals surface area contributed by atoms with E-state index in [9.17, 15) is 9.18 Å². The van der Waals surface area contributed by atoms with Crippen LogP contribution in [0.5, 0.6) is 0 Å². The van der Waals surface area contributed by atoms with E-state index in [1.807, 2.05) is 0 Å². The summed E-state index contributed by atoms with van der Waals surface area (Å²) >= 11 is 0. The monoisotopic (exact) mass is 166 g/mol. The number of rotatable bonds is 0. The van der Waals surface area contributed by atoms with Gasteiger partial charge in [0.2, 0.25) is 0 Å². The standard InChI is InChI=1S/C10H11FO/c11-8-5-4-7-2-1-3-10(12)9(7)6-8/h5-7H,1-4H2. The minimum atomic E-state index is -0.239. The summed E-state index contributed by atoms with van der Waals surface area (Å²) < 4.78 is 12.8. The maximum absolute atomic E-state index is 12.8. The third-order valence-corrected chi connectivity index (χ3v) is 2.61. The number of ketones is 1. The van der Waals surface area contributed by atoms with Crippen molar-refractivity contribution in [3.63, 3.8) is 0 Å². The van der Waals surface area contributed by atoms with E-state index in [-0.39, 0.29) is 11.6 Å². The first kappa shape index (κ1) is 7.71. The first-order valence-electron chi connectivity index (χ1n) is 4.38. The molecule has 1 nitrogen and oxygen atoms in total. The van der Waals surface area contributed by atoms with Gasteiger partial charge in [0.15, 0.2) is 5.78 Å². The Labute approximate surface area is 71.0 Å². The number of carbonyl (C=O) groups is 1. The number of allylic oxidation sites excluding steroid dienone is 4. The van der Waals surface area contributed by atoms with Gasteiger partial charge in [-0.05, 0) is 37.3 Å². The second-order valence-electron chi connectivity index (χ2n) is 3.44. The van der Waals surface area contributed by atoms with Crippen molar-refractivity contribution in [2.45, 2.75) is 25.7 Å². The number of Topliss-reactive ketones (excluding diaryl/α,β-unsaturated/α-hetero) is 1. The van der Waals surface area contributed by atoms with Crippen molar-refractivity contribution in [2.24, 2.45) is 5.92 Å². The fourth-order valence-corrected chi connectivity index (χ4v) is 1.94. The molecule has 1 atom stereocenters. The number of halogens is 1. The summed E-state index contributed by atoms with van der Waals surface area (Å²) in [6, 6.07) is 0. The van der Waals surface area contributed by atoms with Gasteiger partial charge in [-0.1, -0.05) is 0 Å². The summed E-state index contributed by atoms with van der Waals surface area (Å²) in [7, 11) is 0. The van der Waals surface area contributed by atoms with Gasteiger partial charge in [0.25, 0.3) is 0 Å². The molecule has 0 N–H and O–H groups in total. The maximum atomic E-state index is 12.8. The third kappa shape index (κ3) is 1.22. The van der Waals surface area contributed by atoms with Gasteiger partial charge < -0.3 is 0 Å². The normalized spacial score (nSPS) is 29.1. The van der Waals surface area contributed by atoms with E-state index in [4.69, 9.17) is 0 Å². The van der Waals surface area contributed by atoms with Crippen molar-refractivity contribution in [2.75, 3.05) is 0 Å². The molecule has 0 bridgehead atoms. The van der Waals surface area contributed by atoms with Crippen LogP contribution in [0.1, 0.15) is 25.7 Å². The zero-order valence-corrected chi connectivity index (χ0v) is 6.85. The third-order valence-electron chi connectivity index (χ3n) is 2.61. The van der Waals surface area contributed by atoms with Crippen LogP contribution in [-0.2, 0) is 4.79 Å². The van der Waals surface area contributed by atoms with Crippen LogP contribution in [0.4, 0.5) is 4.39 Å². The zero-order chi connectivity index (χ0) is 8.55. The van der Waals surface area contributed by atoms with Crippen LogP contribution in [0.2, 0.25) is 0 Å². The first-order valence-corrected chi connectivity index (χ1v) is 4.38. The molecule has 64 valence electrons. The van der Waals surface area contributed by atoms with E-state index in [2.05, 4.69) is 0 Å². The molecule has 0 spiro atoms. The lowest BCUT2D eigenvalue weighted by Gasteiger charge is -2.25. The van der Waals surface area contributed by atoms with Crippen LogP contribution >= 0.6 is 0 Å². The van der Waals surface area contributed by atoms with E-state index in [1.165, 1.54) is 6.08 Å². The van der Waals surface area contributed by atoms with Gasteiger partial charge in [-0.25, -0.2) is 4.39 Å². The minimum absolute atomic E-state index is 0.148. The second kappa shape index (κ2) is 2.85. The second-order valence-corrected chi connectivity index (χ2v) is 3.44. The Morgan fingerprint density at radius 1 is 1.50 bits per heavy atom. The molecular weight excluding hydrogens is 155 g/mol. The van der Waals surface area contributed by atoms with E-state index in [1.54, 1.807) is 6.08 Å². The zero-order valence-electron chi connectivity index (χ0n) is 6.85. The van der Waals surface area contributed by atoms with Gasteiger partial charge in [0.05, 0.1) is 0 Å². The SMILES string of the molecule is O=C1CCCC2CC=C(F)C=C12. The molecule has 2 aliphatic carbocycles. The van der Waals surface area contributed by atoms with Gasteiger partial charge in [0.1, 0.15) is 5.83 Å². The number of fused-ring (bicyclic) bond motifs is 1. The van der Waals surface area contributed by atoms with E-state index < -0.39 is 0 Å². The molecule has 0 aliphatic heterocycles. The summed E-state index contributed by atoms with van der Waals surface area (Å²) in [6.07, 6.45) is 6.32. The maximum Gasteiger partial charge on any atom is 0.159 e. The fourth-order valence-electron chi connectivity index (χ4n) is 1.94. The summed E-state index contributed by atoms with van der Waals surface area (Å²) in [4.78, 5) is 11.3. The lowest BCUT2D eigenvalue weighted by molar-refractivity contribution is -0.117. The van der Waals surface area contributed by atoms with Crippen LogP contribution < -0.4 is 0 Å². The molecule has 0 radical (unpaired) electrons. The van der Waals surface area contributed by atoms with E-state index in [0.29, 0.717) is 18.8 Å². The van der Waals surface area contributed by atoms with Crippen LogP contribution in [0.15, 0.2) is 23.6 Å². The Kier molecular flexibility index (Phi) is 1.83. The average Bonchev–Trinajstić information content (AvgIpc) is 2.07. The van der Waals surface area contributed by atoms with Crippen molar-refractivity contribution < 1.29 is 9.18 Å². The smallest absolute Gasteiger partial charge is 0.159 e. The molecular formula is C10H11FO. The lowest BCUT2D eigenvalue weighted by Crippen LogP contribution is -2.20.